The third-order valence-electron chi connectivity index (χ3n) is 4.56. The highest BCUT2D eigenvalue weighted by Crippen LogP contribution is 2.32. The predicted molar refractivity (Wildman–Crippen MR) is 103 cm³/mol. The fourth-order valence-electron chi connectivity index (χ4n) is 3.15. The van der Waals surface area contributed by atoms with E-state index in [4.69, 9.17) is 0 Å². The SMILES string of the molecule is CCCCNC(=O)c1ccc2c(c1)CCCN2S(=O)(=O)c1ccccc1. The van der Waals surface area contributed by atoms with Crippen LogP contribution in [0.4, 0.5) is 5.69 Å². The number of rotatable bonds is 6. The van der Waals surface area contributed by atoms with Crippen molar-refractivity contribution in [2.24, 2.45) is 0 Å². The zero-order valence-corrected chi connectivity index (χ0v) is 15.8. The summed E-state index contributed by atoms with van der Waals surface area (Å²) in [6.45, 7) is 3.18. The largest absolute Gasteiger partial charge is 0.352 e. The van der Waals surface area contributed by atoms with Crippen molar-refractivity contribution in [1.82, 2.24) is 5.32 Å². The Hall–Kier alpha value is -2.34. The van der Waals surface area contributed by atoms with Crippen molar-refractivity contribution in [3.63, 3.8) is 0 Å². The molecule has 3 rings (SSSR count). The minimum absolute atomic E-state index is 0.107. The van der Waals surface area contributed by atoms with Crippen LogP contribution in [-0.2, 0) is 16.4 Å². The van der Waals surface area contributed by atoms with Crippen LogP contribution in [0.3, 0.4) is 0 Å². The van der Waals surface area contributed by atoms with Gasteiger partial charge in [0.05, 0.1) is 10.6 Å². The molecule has 1 aliphatic heterocycles. The lowest BCUT2D eigenvalue weighted by molar-refractivity contribution is 0.0953. The molecule has 2 aromatic rings. The van der Waals surface area contributed by atoms with Crippen LogP contribution in [0.25, 0.3) is 0 Å². The number of anilines is 1. The predicted octanol–water partition coefficient (Wildman–Crippen LogP) is 3.36. The highest BCUT2D eigenvalue weighted by Gasteiger charge is 2.29. The second-order valence-electron chi connectivity index (χ2n) is 6.45. The second kappa shape index (κ2) is 7.91. The molecule has 5 nitrogen and oxygen atoms in total. The molecule has 138 valence electrons. The first kappa shape index (κ1) is 18.5. The van der Waals surface area contributed by atoms with E-state index in [-0.39, 0.29) is 10.8 Å². The topological polar surface area (TPSA) is 66.5 Å². The standard InChI is InChI=1S/C20H24N2O3S/c1-2-3-13-21-20(23)17-11-12-19-16(15-17)8-7-14-22(19)26(24,25)18-9-5-4-6-10-18/h4-6,9-12,15H,2-3,7-8,13-14H2,1H3,(H,21,23). The average Bonchev–Trinajstić information content (AvgIpc) is 2.67. The van der Waals surface area contributed by atoms with Crippen LogP contribution in [-0.4, -0.2) is 27.4 Å². The smallest absolute Gasteiger partial charge is 0.264 e. The molecule has 1 aliphatic rings. The van der Waals surface area contributed by atoms with Gasteiger partial charge in [0.2, 0.25) is 0 Å². The molecule has 0 unspecified atom stereocenters. The third-order valence-corrected chi connectivity index (χ3v) is 6.39. The molecule has 6 heteroatoms. The average molecular weight is 372 g/mol. The van der Waals surface area contributed by atoms with Crippen LogP contribution in [0, 0.1) is 0 Å². The zero-order chi connectivity index (χ0) is 18.6. The first-order valence-electron chi connectivity index (χ1n) is 9.03. The van der Waals surface area contributed by atoms with E-state index in [2.05, 4.69) is 12.2 Å². The summed E-state index contributed by atoms with van der Waals surface area (Å²) in [5, 5.41) is 2.90. The van der Waals surface area contributed by atoms with Crippen LogP contribution < -0.4 is 9.62 Å². The van der Waals surface area contributed by atoms with Gasteiger partial charge in [-0.3, -0.25) is 9.10 Å². The summed E-state index contributed by atoms with van der Waals surface area (Å²) in [6.07, 6.45) is 3.47. The first-order chi connectivity index (χ1) is 12.5. The number of hydrogen-bond donors (Lipinski definition) is 1. The van der Waals surface area contributed by atoms with Gasteiger partial charge >= 0.3 is 0 Å². The van der Waals surface area contributed by atoms with Gasteiger partial charge in [-0.1, -0.05) is 31.5 Å². The Morgan fingerprint density at radius 3 is 2.65 bits per heavy atom. The second-order valence-corrected chi connectivity index (χ2v) is 8.31. The van der Waals surface area contributed by atoms with E-state index >= 15 is 0 Å². The number of nitrogens with zero attached hydrogens (tertiary/aromatic N) is 1. The van der Waals surface area contributed by atoms with Gasteiger partial charge in [0.1, 0.15) is 0 Å². The number of unbranched alkanes of at least 4 members (excludes halogenated alkanes) is 1. The van der Waals surface area contributed by atoms with E-state index in [0.29, 0.717) is 24.3 Å². The van der Waals surface area contributed by atoms with Gasteiger partial charge in [0.15, 0.2) is 0 Å². The summed E-state index contributed by atoms with van der Waals surface area (Å²) < 4.78 is 27.4. The van der Waals surface area contributed by atoms with Gasteiger partial charge in [0.25, 0.3) is 15.9 Å². The number of fused-ring (bicyclic) bond motifs is 1. The van der Waals surface area contributed by atoms with Gasteiger partial charge in [0, 0.05) is 18.7 Å². The molecule has 0 saturated carbocycles. The van der Waals surface area contributed by atoms with Crippen LogP contribution in [0.2, 0.25) is 0 Å². The lowest BCUT2D eigenvalue weighted by Crippen LogP contribution is -2.35. The van der Waals surface area contributed by atoms with E-state index in [1.54, 1.807) is 42.5 Å². The quantitative estimate of drug-likeness (QED) is 0.791. The normalized spacial score (nSPS) is 14.0. The van der Waals surface area contributed by atoms with Crippen molar-refractivity contribution in [1.29, 1.82) is 0 Å². The van der Waals surface area contributed by atoms with Crippen LogP contribution in [0.5, 0.6) is 0 Å². The molecule has 0 bridgehead atoms. The van der Waals surface area contributed by atoms with Crippen molar-refractivity contribution in [2.75, 3.05) is 17.4 Å². The maximum atomic E-state index is 13.0. The van der Waals surface area contributed by atoms with E-state index in [0.717, 1.165) is 31.2 Å². The molecule has 1 N–H and O–H groups in total. The molecule has 0 saturated heterocycles. The number of hydrogen-bond acceptors (Lipinski definition) is 3. The van der Waals surface area contributed by atoms with Crippen molar-refractivity contribution >= 4 is 21.6 Å². The summed E-state index contributed by atoms with van der Waals surface area (Å²) in [5.41, 5.74) is 2.16. The summed E-state index contributed by atoms with van der Waals surface area (Å²) in [4.78, 5) is 12.5. The van der Waals surface area contributed by atoms with E-state index < -0.39 is 10.0 Å². The van der Waals surface area contributed by atoms with Gasteiger partial charge in [-0.15, -0.1) is 0 Å². The molecule has 0 fully saturated rings. The Kier molecular flexibility index (Phi) is 5.61. The lowest BCUT2D eigenvalue weighted by Gasteiger charge is -2.30. The van der Waals surface area contributed by atoms with Crippen molar-refractivity contribution in [3.05, 3.63) is 59.7 Å². The molecule has 0 aromatic heterocycles. The van der Waals surface area contributed by atoms with Crippen LogP contribution >= 0.6 is 0 Å². The minimum Gasteiger partial charge on any atom is -0.352 e. The number of benzene rings is 2. The number of carbonyl (C=O) groups is 1. The summed E-state index contributed by atoms with van der Waals surface area (Å²) in [5.74, 6) is -0.107. The van der Waals surface area contributed by atoms with Gasteiger partial charge in [-0.2, -0.15) is 0 Å². The first-order valence-corrected chi connectivity index (χ1v) is 10.5. The molecular formula is C20H24N2O3S. The fraction of sp³-hybridized carbons (Fsp3) is 0.350. The molecule has 26 heavy (non-hydrogen) atoms. The Labute approximate surface area is 155 Å². The molecule has 0 aliphatic carbocycles. The number of sulfonamides is 1. The number of amides is 1. The summed E-state index contributed by atoms with van der Waals surface area (Å²) >= 11 is 0. The van der Waals surface area contributed by atoms with Crippen LogP contribution in [0.15, 0.2) is 53.4 Å². The Morgan fingerprint density at radius 1 is 1.15 bits per heavy atom. The molecule has 1 heterocycles. The highest BCUT2D eigenvalue weighted by atomic mass is 32.2. The number of aryl methyl sites for hydroxylation is 1. The molecule has 1 amide bonds. The van der Waals surface area contributed by atoms with Crippen LogP contribution in [0.1, 0.15) is 42.1 Å². The molecule has 0 spiro atoms. The van der Waals surface area contributed by atoms with Gasteiger partial charge in [-0.25, -0.2) is 8.42 Å². The van der Waals surface area contributed by atoms with Crippen molar-refractivity contribution < 1.29 is 13.2 Å². The van der Waals surface area contributed by atoms with Crippen molar-refractivity contribution in [2.45, 2.75) is 37.5 Å². The van der Waals surface area contributed by atoms with Gasteiger partial charge < -0.3 is 5.32 Å². The minimum atomic E-state index is -3.59. The molecule has 0 atom stereocenters. The van der Waals surface area contributed by atoms with E-state index in [1.165, 1.54) is 4.31 Å². The van der Waals surface area contributed by atoms with Gasteiger partial charge in [-0.05, 0) is 55.2 Å². The van der Waals surface area contributed by atoms with E-state index in [9.17, 15) is 13.2 Å². The number of nitrogens with one attached hydrogen (secondary N) is 1. The molecular weight excluding hydrogens is 348 g/mol. The lowest BCUT2D eigenvalue weighted by atomic mass is 10.0. The fourth-order valence-corrected chi connectivity index (χ4v) is 4.72. The highest BCUT2D eigenvalue weighted by molar-refractivity contribution is 7.92. The third kappa shape index (κ3) is 3.75. The summed E-state index contributed by atoms with van der Waals surface area (Å²) in [6, 6.07) is 13.7. The monoisotopic (exact) mass is 372 g/mol. The Balaban J connectivity index is 1.88. The summed E-state index contributed by atoms with van der Waals surface area (Å²) in [7, 11) is -3.59. The zero-order valence-electron chi connectivity index (χ0n) is 14.9. The van der Waals surface area contributed by atoms with E-state index in [1.807, 2.05) is 6.07 Å². The molecule has 0 radical (unpaired) electrons. The Morgan fingerprint density at radius 2 is 1.92 bits per heavy atom. The maximum Gasteiger partial charge on any atom is 0.264 e. The molecule has 2 aromatic carbocycles. The maximum absolute atomic E-state index is 13.0. The Bertz CT molecular complexity index is 879. The number of carbonyl (C=O) groups excluding carboxylic acids is 1. The van der Waals surface area contributed by atoms with Crippen molar-refractivity contribution in [3.8, 4) is 0 Å².